The first-order valence-electron chi connectivity index (χ1n) is 8.61. The van der Waals surface area contributed by atoms with Crippen LogP contribution in [0.1, 0.15) is 23.1 Å². The summed E-state index contributed by atoms with van der Waals surface area (Å²) < 4.78 is 0. The number of aryl methyl sites for hydroxylation is 2. The van der Waals surface area contributed by atoms with Crippen molar-refractivity contribution in [1.29, 1.82) is 0 Å². The van der Waals surface area contributed by atoms with Crippen LogP contribution in [0.5, 0.6) is 0 Å². The van der Waals surface area contributed by atoms with Gasteiger partial charge in [-0.3, -0.25) is 9.59 Å². The monoisotopic (exact) mass is 379 g/mol. The lowest BCUT2D eigenvalue weighted by molar-refractivity contribution is -0.115. The number of carbonyl (C=O) groups is 2. The van der Waals surface area contributed by atoms with Gasteiger partial charge in [0.1, 0.15) is 5.01 Å². The second kappa shape index (κ2) is 8.14. The summed E-state index contributed by atoms with van der Waals surface area (Å²) in [5, 5.41) is 6.51. The van der Waals surface area contributed by atoms with Gasteiger partial charge in [-0.1, -0.05) is 29.8 Å². The fourth-order valence-electron chi connectivity index (χ4n) is 2.72. The van der Waals surface area contributed by atoms with Gasteiger partial charge in [0.15, 0.2) is 0 Å². The molecule has 3 rings (SSSR count). The Morgan fingerprint density at radius 2 is 1.70 bits per heavy atom. The van der Waals surface area contributed by atoms with E-state index < -0.39 is 0 Å². The Morgan fingerprint density at radius 1 is 1.00 bits per heavy atom. The fourth-order valence-corrected chi connectivity index (χ4v) is 3.78. The Bertz CT molecular complexity index is 995. The number of anilines is 2. The first-order chi connectivity index (χ1) is 12.9. The molecule has 138 valence electrons. The lowest BCUT2D eigenvalue weighted by Gasteiger charge is -2.07. The number of aromatic nitrogens is 1. The highest BCUT2D eigenvalue weighted by molar-refractivity contribution is 7.15. The lowest BCUT2D eigenvalue weighted by atomic mass is 10.1. The van der Waals surface area contributed by atoms with Gasteiger partial charge in [-0.05, 0) is 38.1 Å². The number of thiazole rings is 1. The van der Waals surface area contributed by atoms with Gasteiger partial charge in [-0.2, -0.15) is 0 Å². The molecule has 6 heteroatoms. The third-order valence-corrected chi connectivity index (χ3v) is 5.15. The van der Waals surface area contributed by atoms with Crippen LogP contribution in [0.15, 0.2) is 48.5 Å². The summed E-state index contributed by atoms with van der Waals surface area (Å²) in [5.41, 5.74) is 4.42. The zero-order chi connectivity index (χ0) is 19.4. The first kappa shape index (κ1) is 18.8. The van der Waals surface area contributed by atoms with E-state index in [0.717, 1.165) is 21.1 Å². The summed E-state index contributed by atoms with van der Waals surface area (Å²) in [4.78, 5) is 29.2. The van der Waals surface area contributed by atoms with E-state index in [1.165, 1.54) is 12.5 Å². The third kappa shape index (κ3) is 5.01. The van der Waals surface area contributed by atoms with Gasteiger partial charge >= 0.3 is 0 Å². The van der Waals surface area contributed by atoms with E-state index in [2.05, 4.69) is 21.7 Å². The van der Waals surface area contributed by atoms with E-state index in [0.29, 0.717) is 11.4 Å². The molecule has 0 spiro atoms. The van der Waals surface area contributed by atoms with Gasteiger partial charge in [-0.25, -0.2) is 4.98 Å². The molecule has 0 saturated heterocycles. The largest absolute Gasteiger partial charge is 0.326 e. The molecule has 0 aliphatic carbocycles. The summed E-state index contributed by atoms with van der Waals surface area (Å²) in [6.07, 6.45) is 0.264. The predicted molar refractivity (Wildman–Crippen MR) is 110 cm³/mol. The Morgan fingerprint density at radius 3 is 2.41 bits per heavy atom. The number of hydrogen-bond acceptors (Lipinski definition) is 4. The maximum atomic E-state index is 12.4. The van der Waals surface area contributed by atoms with Crippen LogP contribution in [0, 0.1) is 13.8 Å². The van der Waals surface area contributed by atoms with Crippen LogP contribution in [-0.2, 0) is 16.0 Å². The van der Waals surface area contributed by atoms with Crippen LogP contribution in [0.4, 0.5) is 11.4 Å². The number of hydrogen-bond donors (Lipinski definition) is 2. The second-order valence-electron chi connectivity index (χ2n) is 6.38. The van der Waals surface area contributed by atoms with Crippen molar-refractivity contribution in [2.75, 3.05) is 10.6 Å². The molecule has 2 aromatic carbocycles. The Balaban J connectivity index is 1.70. The van der Waals surface area contributed by atoms with Gasteiger partial charge in [0, 0.05) is 28.7 Å². The van der Waals surface area contributed by atoms with Gasteiger partial charge in [0.25, 0.3) is 0 Å². The first-order valence-corrected chi connectivity index (χ1v) is 9.43. The Labute approximate surface area is 162 Å². The van der Waals surface area contributed by atoms with Crippen LogP contribution in [-0.4, -0.2) is 16.8 Å². The van der Waals surface area contributed by atoms with Gasteiger partial charge in [0.2, 0.25) is 11.8 Å². The van der Waals surface area contributed by atoms with Gasteiger partial charge in [-0.15, -0.1) is 11.3 Å². The standard InChI is InChI=1S/C21H21N3O2S/c1-13-6-4-7-16(10-13)21-22-14(2)19(27-21)12-20(26)24-18-9-5-8-17(11-18)23-15(3)25/h4-11H,12H2,1-3H3,(H,23,25)(H,24,26). The zero-order valence-corrected chi connectivity index (χ0v) is 16.3. The van der Waals surface area contributed by atoms with Crippen LogP contribution in [0.25, 0.3) is 10.6 Å². The average molecular weight is 379 g/mol. The minimum absolute atomic E-state index is 0.113. The molecule has 0 saturated carbocycles. The molecule has 2 amide bonds. The van der Waals surface area contributed by atoms with Crippen molar-refractivity contribution in [2.24, 2.45) is 0 Å². The lowest BCUT2D eigenvalue weighted by Crippen LogP contribution is -2.14. The summed E-state index contributed by atoms with van der Waals surface area (Å²) >= 11 is 1.54. The van der Waals surface area contributed by atoms with E-state index >= 15 is 0 Å². The molecule has 27 heavy (non-hydrogen) atoms. The Hall–Kier alpha value is -2.99. The van der Waals surface area contributed by atoms with Crippen molar-refractivity contribution in [3.63, 3.8) is 0 Å². The van der Waals surface area contributed by atoms with Crippen LogP contribution < -0.4 is 10.6 Å². The molecule has 2 N–H and O–H groups in total. The number of carbonyl (C=O) groups excluding carboxylic acids is 2. The smallest absolute Gasteiger partial charge is 0.229 e. The molecular weight excluding hydrogens is 358 g/mol. The quantitative estimate of drug-likeness (QED) is 0.682. The minimum atomic E-state index is -0.151. The molecule has 1 aromatic heterocycles. The number of benzene rings is 2. The minimum Gasteiger partial charge on any atom is -0.326 e. The summed E-state index contributed by atoms with van der Waals surface area (Å²) in [7, 11) is 0. The van der Waals surface area contributed by atoms with Crippen LogP contribution in [0.2, 0.25) is 0 Å². The van der Waals surface area contributed by atoms with E-state index in [4.69, 9.17) is 0 Å². The molecule has 0 aliphatic rings. The molecule has 0 unspecified atom stereocenters. The molecule has 0 aliphatic heterocycles. The maximum absolute atomic E-state index is 12.4. The topological polar surface area (TPSA) is 71.1 Å². The van der Waals surface area contributed by atoms with Crippen molar-refractivity contribution in [1.82, 2.24) is 4.98 Å². The number of nitrogens with one attached hydrogen (secondary N) is 2. The van der Waals surface area contributed by atoms with Crippen LogP contribution >= 0.6 is 11.3 Å². The van der Waals surface area contributed by atoms with Crippen molar-refractivity contribution < 1.29 is 9.59 Å². The van der Waals surface area contributed by atoms with Crippen molar-refractivity contribution in [3.05, 3.63) is 64.7 Å². The van der Waals surface area contributed by atoms with Crippen molar-refractivity contribution >= 4 is 34.5 Å². The number of amides is 2. The molecule has 0 radical (unpaired) electrons. The molecule has 0 atom stereocenters. The summed E-state index contributed by atoms with van der Waals surface area (Å²) in [6.45, 7) is 5.42. The van der Waals surface area contributed by atoms with Crippen molar-refractivity contribution in [2.45, 2.75) is 27.2 Å². The van der Waals surface area contributed by atoms with Crippen LogP contribution in [0.3, 0.4) is 0 Å². The third-order valence-electron chi connectivity index (χ3n) is 3.95. The number of rotatable bonds is 5. The van der Waals surface area contributed by atoms with E-state index in [9.17, 15) is 9.59 Å². The second-order valence-corrected chi connectivity index (χ2v) is 7.47. The van der Waals surface area contributed by atoms with Gasteiger partial charge in [0.05, 0.1) is 12.1 Å². The average Bonchev–Trinajstić information content (AvgIpc) is 2.95. The van der Waals surface area contributed by atoms with Gasteiger partial charge < -0.3 is 10.6 Å². The highest BCUT2D eigenvalue weighted by atomic mass is 32.1. The molecule has 0 bridgehead atoms. The summed E-state index contributed by atoms with van der Waals surface area (Å²) in [6, 6.07) is 15.3. The van der Waals surface area contributed by atoms with E-state index in [1.54, 1.807) is 35.6 Å². The predicted octanol–water partition coefficient (Wildman–Crippen LogP) is 4.57. The SMILES string of the molecule is CC(=O)Nc1cccc(NC(=O)Cc2sc(-c3cccc(C)c3)nc2C)c1. The normalized spacial score (nSPS) is 10.5. The molecule has 3 aromatic rings. The summed E-state index contributed by atoms with van der Waals surface area (Å²) in [5.74, 6) is -0.264. The fraction of sp³-hybridized carbons (Fsp3) is 0.190. The maximum Gasteiger partial charge on any atom is 0.229 e. The molecule has 5 nitrogen and oxygen atoms in total. The number of nitrogens with zero attached hydrogens (tertiary/aromatic N) is 1. The zero-order valence-electron chi connectivity index (χ0n) is 15.5. The highest BCUT2D eigenvalue weighted by Gasteiger charge is 2.13. The Kier molecular flexibility index (Phi) is 5.66. The molecular formula is C21H21N3O2S. The molecule has 0 fully saturated rings. The van der Waals surface area contributed by atoms with E-state index in [1.807, 2.05) is 32.0 Å². The van der Waals surface area contributed by atoms with Crippen molar-refractivity contribution in [3.8, 4) is 10.6 Å². The highest BCUT2D eigenvalue weighted by Crippen LogP contribution is 2.29. The van der Waals surface area contributed by atoms with E-state index in [-0.39, 0.29) is 18.2 Å². The molecule has 1 heterocycles.